The number of likely N-dealkylation sites (tertiary alicyclic amines) is 1. The summed E-state index contributed by atoms with van der Waals surface area (Å²) in [5, 5.41) is 3.56. The summed E-state index contributed by atoms with van der Waals surface area (Å²) in [7, 11) is 0. The van der Waals surface area contributed by atoms with Gasteiger partial charge in [0.2, 0.25) is 0 Å². The summed E-state index contributed by atoms with van der Waals surface area (Å²) in [5.41, 5.74) is 1.66. The normalized spacial score (nSPS) is 15.1. The third-order valence-corrected chi connectivity index (χ3v) is 3.50. The van der Waals surface area contributed by atoms with Gasteiger partial charge >= 0.3 is 6.03 Å². The lowest BCUT2D eigenvalue weighted by Crippen LogP contribution is -2.37. The molecule has 0 atom stereocenters. The van der Waals surface area contributed by atoms with Crippen LogP contribution in [-0.4, -0.2) is 33.4 Å². The minimum Gasteiger partial charge on any atom is -0.332 e. The van der Waals surface area contributed by atoms with E-state index in [9.17, 15) is 4.79 Å². The molecule has 0 unspecified atom stereocenters. The van der Waals surface area contributed by atoms with Crippen LogP contribution in [0, 0.1) is 0 Å². The molecule has 1 aliphatic heterocycles. The minimum atomic E-state index is -0.00686. The fourth-order valence-electron chi connectivity index (χ4n) is 2.30. The number of halogens is 1. The molecule has 2 aromatic heterocycles. The van der Waals surface area contributed by atoms with Crippen LogP contribution in [0.25, 0.3) is 5.65 Å². The molecule has 2 aromatic rings. The Hall–Kier alpha value is -1.75. The highest BCUT2D eigenvalue weighted by molar-refractivity contribution is 6.30. The zero-order chi connectivity index (χ0) is 13.2. The largest absolute Gasteiger partial charge is 0.332 e. The Morgan fingerprint density at radius 3 is 2.89 bits per heavy atom. The van der Waals surface area contributed by atoms with Crippen molar-refractivity contribution in [1.29, 1.82) is 0 Å². The molecule has 0 bridgehead atoms. The fourth-order valence-corrected chi connectivity index (χ4v) is 2.47. The maximum Gasteiger partial charge on any atom is 0.317 e. The molecule has 1 fully saturated rings. The van der Waals surface area contributed by atoms with Crippen molar-refractivity contribution in [1.82, 2.24) is 19.6 Å². The van der Waals surface area contributed by atoms with Crippen LogP contribution in [0.15, 0.2) is 24.5 Å². The Bertz CT molecular complexity index is 604. The highest BCUT2D eigenvalue weighted by Gasteiger charge is 2.17. The Morgan fingerprint density at radius 1 is 1.32 bits per heavy atom. The van der Waals surface area contributed by atoms with E-state index in [-0.39, 0.29) is 6.03 Å². The van der Waals surface area contributed by atoms with Gasteiger partial charge in [-0.2, -0.15) is 0 Å². The van der Waals surface area contributed by atoms with Crippen molar-refractivity contribution in [3.05, 3.63) is 35.2 Å². The lowest BCUT2D eigenvalue weighted by Gasteiger charge is -2.15. The van der Waals surface area contributed by atoms with E-state index in [0.29, 0.717) is 11.6 Å². The summed E-state index contributed by atoms with van der Waals surface area (Å²) in [6.07, 6.45) is 5.88. The number of aromatic nitrogens is 2. The van der Waals surface area contributed by atoms with Gasteiger partial charge in [0.05, 0.1) is 17.3 Å². The lowest BCUT2D eigenvalue weighted by molar-refractivity contribution is 0.208. The number of carbonyl (C=O) groups is 1. The number of nitrogens with zero attached hydrogens (tertiary/aromatic N) is 3. The molecule has 100 valence electrons. The van der Waals surface area contributed by atoms with Gasteiger partial charge in [-0.3, -0.25) is 0 Å². The molecular weight excluding hydrogens is 264 g/mol. The van der Waals surface area contributed by atoms with Gasteiger partial charge < -0.3 is 14.6 Å². The molecule has 5 nitrogen and oxygen atoms in total. The topological polar surface area (TPSA) is 49.6 Å². The minimum absolute atomic E-state index is 0.00686. The highest BCUT2D eigenvalue weighted by atomic mass is 35.5. The van der Waals surface area contributed by atoms with Crippen LogP contribution in [0.3, 0.4) is 0 Å². The molecule has 1 aliphatic rings. The first-order valence-electron chi connectivity index (χ1n) is 6.38. The van der Waals surface area contributed by atoms with Gasteiger partial charge in [-0.15, -0.1) is 0 Å². The molecule has 0 aliphatic carbocycles. The van der Waals surface area contributed by atoms with Crippen LogP contribution >= 0.6 is 11.6 Å². The zero-order valence-corrected chi connectivity index (χ0v) is 11.2. The van der Waals surface area contributed by atoms with Crippen LogP contribution in [0.5, 0.6) is 0 Å². The number of pyridine rings is 1. The van der Waals surface area contributed by atoms with E-state index in [1.807, 2.05) is 21.6 Å². The van der Waals surface area contributed by atoms with Crippen molar-refractivity contribution in [2.75, 3.05) is 13.1 Å². The van der Waals surface area contributed by atoms with Crippen molar-refractivity contribution in [2.45, 2.75) is 19.4 Å². The smallest absolute Gasteiger partial charge is 0.317 e. The summed E-state index contributed by atoms with van der Waals surface area (Å²) in [6, 6.07) is 3.65. The molecule has 1 N–H and O–H groups in total. The molecule has 3 rings (SSSR count). The SMILES string of the molecule is O=C(NCc1cn2cc(Cl)ccc2n1)N1CCCC1. The first-order chi connectivity index (χ1) is 9.22. The van der Waals surface area contributed by atoms with Gasteiger partial charge in [-0.05, 0) is 25.0 Å². The monoisotopic (exact) mass is 278 g/mol. The zero-order valence-electron chi connectivity index (χ0n) is 10.5. The molecule has 3 heterocycles. The van der Waals surface area contributed by atoms with Crippen molar-refractivity contribution >= 4 is 23.3 Å². The summed E-state index contributed by atoms with van der Waals surface area (Å²) < 4.78 is 1.86. The molecule has 6 heteroatoms. The van der Waals surface area contributed by atoms with E-state index in [1.54, 1.807) is 12.3 Å². The number of fused-ring (bicyclic) bond motifs is 1. The van der Waals surface area contributed by atoms with Gasteiger partial charge in [-0.25, -0.2) is 9.78 Å². The van der Waals surface area contributed by atoms with Crippen molar-refractivity contribution in [3.63, 3.8) is 0 Å². The average Bonchev–Trinajstić information content (AvgIpc) is 3.04. The first kappa shape index (κ1) is 12.3. The first-order valence-corrected chi connectivity index (χ1v) is 6.76. The molecule has 19 heavy (non-hydrogen) atoms. The van der Waals surface area contributed by atoms with E-state index in [1.165, 1.54) is 0 Å². The van der Waals surface area contributed by atoms with Gasteiger partial charge in [-0.1, -0.05) is 11.6 Å². The molecule has 0 radical (unpaired) electrons. The van der Waals surface area contributed by atoms with Crippen LogP contribution < -0.4 is 5.32 Å². The number of urea groups is 1. The van der Waals surface area contributed by atoms with Crippen LogP contribution in [0.2, 0.25) is 5.02 Å². The van der Waals surface area contributed by atoms with Gasteiger partial charge in [0.1, 0.15) is 5.65 Å². The summed E-state index contributed by atoms with van der Waals surface area (Å²) in [5.74, 6) is 0. The summed E-state index contributed by atoms with van der Waals surface area (Å²) in [4.78, 5) is 18.1. The standard InChI is InChI=1S/C13H15ClN4O/c14-10-3-4-12-16-11(9-18(12)8-10)7-15-13(19)17-5-1-2-6-17/h3-4,8-9H,1-2,5-7H2,(H,15,19). The molecule has 0 aromatic carbocycles. The second kappa shape index (κ2) is 5.09. The molecule has 0 saturated carbocycles. The quantitative estimate of drug-likeness (QED) is 0.916. The third-order valence-electron chi connectivity index (χ3n) is 3.28. The molecule has 0 spiro atoms. The Balaban J connectivity index is 1.66. The number of hydrogen-bond donors (Lipinski definition) is 1. The summed E-state index contributed by atoms with van der Waals surface area (Å²) in [6.45, 7) is 2.15. The van der Waals surface area contributed by atoms with E-state index in [0.717, 1.165) is 37.3 Å². The van der Waals surface area contributed by atoms with Gasteiger partial charge in [0.25, 0.3) is 0 Å². The number of rotatable bonds is 2. The Labute approximate surface area is 116 Å². The molecule has 1 saturated heterocycles. The molecule has 2 amide bonds. The van der Waals surface area contributed by atoms with E-state index >= 15 is 0 Å². The van der Waals surface area contributed by atoms with E-state index < -0.39 is 0 Å². The maximum absolute atomic E-state index is 11.8. The summed E-state index contributed by atoms with van der Waals surface area (Å²) >= 11 is 5.92. The van der Waals surface area contributed by atoms with Crippen molar-refractivity contribution < 1.29 is 4.79 Å². The third kappa shape index (κ3) is 2.66. The number of imidazole rings is 1. The van der Waals surface area contributed by atoms with Crippen LogP contribution in [0.4, 0.5) is 4.79 Å². The van der Waals surface area contributed by atoms with Gasteiger partial charge in [0.15, 0.2) is 0 Å². The second-order valence-corrected chi connectivity index (χ2v) is 5.13. The predicted molar refractivity (Wildman–Crippen MR) is 73.2 cm³/mol. The van der Waals surface area contributed by atoms with Gasteiger partial charge in [0, 0.05) is 25.5 Å². The van der Waals surface area contributed by atoms with E-state index in [4.69, 9.17) is 11.6 Å². The Morgan fingerprint density at radius 2 is 2.11 bits per heavy atom. The maximum atomic E-state index is 11.8. The Kier molecular flexibility index (Phi) is 3.29. The fraction of sp³-hybridized carbons (Fsp3) is 0.385. The van der Waals surface area contributed by atoms with Crippen molar-refractivity contribution in [3.8, 4) is 0 Å². The number of hydrogen-bond acceptors (Lipinski definition) is 2. The second-order valence-electron chi connectivity index (χ2n) is 4.70. The predicted octanol–water partition coefficient (Wildman–Crippen LogP) is 2.29. The van der Waals surface area contributed by atoms with Crippen LogP contribution in [0.1, 0.15) is 18.5 Å². The number of amides is 2. The average molecular weight is 279 g/mol. The van der Waals surface area contributed by atoms with Crippen LogP contribution in [-0.2, 0) is 6.54 Å². The number of carbonyl (C=O) groups excluding carboxylic acids is 1. The number of nitrogens with one attached hydrogen (secondary N) is 1. The van der Waals surface area contributed by atoms with Crippen molar-refractivity contribution in [2.24, 2.45) is 0 Å². The molecular formula is C13H15ClN4O. The lowest BCUT2D eigenvalue weighted by atomic mass is 10.4. The highest BCUT2D eigenvalue weighted by Crippen LogP contribution is 2.12. The van der Waals surface area contributed by atoms with E-state index in [2.05, 4.69) is 10.3 Å².